The molecule has 2 aromatic carbocycles. The Morgan fingerprint density at radius 1 is 0.925 bits per heavy atom. The first-order valence-corrected chi connectivity index (χ1v) is 18.5. The SMILES string of the molecule is CCN(CC)CCCC(=O)c1ccc(-c2ccc(C[C@H](CC(=O)C3CCC(CN)CC3)C(=O)Nc3ccc(C4=NCN=N4)cc3)cc2)c(C(F)(F)F)n1. The molecule has 13 heteroatoms. The molecule has 282 valence electrons. The third kappa shape index (κ3) is 10.7. The van der Waals surface area contributed by atoms with Gasteiger partial charge in [0.15, 0.2) is 24.0 Å². The molecule has 3 aromatic rings. The smallest absolute Gasteiger partial charge is 0.330 e. The Morgan fingerprint density at radius 2 is 1.60 bits per heavy atom. The lowest BCUT2D eigenvalue weighted by molar-refractivity contribution is -0.140. The number of carbonyl (C=O) groups is 3. The van der Waals surface area contributed by atoms with Crippen molar-refractivity contribution < 1.29 is 27.6 Å². The van der Waals surface area contributed by atoms with Gasteiger partial charge in [0.05, 0.1) is 0 Å². The molecule has 3 N–H and O–H groups in total. The Balaban J connectivity index is 1.32. The zero-order valence-electron chi connectivity index (χ0n) is 30.4. The van der Waals surface area contributed by atoms with Crippen LogP contribution in [-0.4, -0.2) is 66.0 Å². The van der Waals surface area contributed by atoms with E-state index < -0.39 is 23.6 Å². The predicted octanol–water partition coefficient (Wildman–Crippen LogP) is 7.76. The summed E-state index contributed by atoms with van der Waals surface area (Å²) >= 11 is 0. The number of aromatic nitrogens is 1. The normalized spacial score (nSPS) is 17.8. The largest absolute Gasteiger partial charge is 0.433 e. The first-order chi connectivity index (χ1) is 25.5. The van der Waals surface area contributed by atoms with E-state index in [0.717, 1.165) is 44.3 Å². The third-order valence-corrected chi connectivity index (χ3v) is 10.3. The molecule has 1 aromatic heterocycles. The van der Waals surface area contributed by atoms with Gasteiger partial charge >= 0.3 is 6.18 Å². The van der Waals surface area contributed by atoms with Crippen molar-refractivity contribution >= 4 is 29.0 Å². The van der Waals surface area contributed by atoms with Crippen LogP contribution in [0.5, 0.6) is 0 Å². The molecule has 1 saturated carbocycles. The van der Waals surface area contributed by atoms with Crippen molar-refractivity contribution in [1.29, 1.82) is 0 Å². The molecule has 10 nitrogen and oxygen atoms in total. The highest BCUT2D eigenvalue weighted by Crippen LogP contribution is 2.37. The van der Waals surface area contributed by atoms with Gasteiger partial charge in [0, 0.05) is 41.5 Å². The third-order valence-electron chi connectivity index (χ3n) is 10.3. The molecular weight excluding hydrogens is 683 g/mol. The van der Waals surface area contributed by atoms with Crippen molar-refractivity contribution in [2.75, 3.05) is 38.2 Å². The van der Waals surface area contributed by atoms with Crippen molar-refractivity contribution in [2.45, 2.75) is 71.4 Å². The molecular formula is C40H48F3N7O3. The van der Waals surface area contributed by atoms with Crippen LogP contribution < -0.4 is 11.1 Å². The molecule has 1 amide bonds. The number of carbonyl (C=O) groups excluding carboxylic acids is 3. The Kier molecular flexibility index (Phi) is 13.8. The molecule has 1 aliphatic carbocycles. The molecule has 2 aliphatic rings. The van der Waals surface area contributed by atoms with E-state index in [-0.39, 0.29) is 60.4 Å². The van der Waals surface area contributed by atoms with Gasteiger partial charge in [-0.3, -0.25) is 14.4 Å². The highest BCUT2D eigenvalue weighted by atomic mass is 19.4. The van der Waals surface area contributed by atoms with Crippen LogP contribution in [0.4, 0.5) is 18.9 Å². The van der Waals surface area contributed by atoms with Crippen LogP contribution in [0.3, 0.4) is 0 Å². The van der Waals surface area contributed by atoms with E-state index in [1.165, 1.54) is 12.1 Å². The lowest BCUT2D eigenvalue weighted by atomic mass is 9.77. The second-order valence-electron chi connectivity index (χ2n) is 13.8. The van der Waals surface area contributed by atoms with E-state index in [9.17, 15) is 27.6 Å². The summed E-state index contributed by atoms with van der Waals surface area (Å²) < 4.78 is 42.9. The number of benzene rings is 2. The standard InChI is InChI=1S/C40H48F3N7O3/c1-3-50(4-2)21-5-6-35(51)34-20-19-33(37(48-34)40(41,42)43)28-11-7-26(8-12-28)22-31(23-36(52)29-13-9-27(24-44)10-14-29)39(53)47-32-17-15-30(16-18-32)38-45-25-46-49-38/h7-8,11-12,15-20,27,29,31H,3-6,9-10,13-14,21-25,44H2,1-2H3,(H,47,53)/t27?,29?,31-/m1/s1. The number of azo groups is 1. The molecule has 2 heterocycles. The maximum atomic E-state index is 14.3. The van der Waals surface area contributed by atoms with Gasteiger partial charge in [0.25, 0.3) is 0 Å². The van der Waals surface area contributed by atoms with Gasteiger partial charge in [-0.25, -0.2) is 9.98 Å². The average Bonchev–Trinajstić information content (AvgIpc) is 3.71. The lowest BCUT2D eigenvalue weighted by Crippen LogP contribution is -2.31. The summed E-state index contributed by atoms with van der Waals surface area (Å²) in [6.07, 6.45) is -0.676. The minimum absolute atomic E-state index is 0.0285. The Hall–Kier alpha value is -4.62. The second kappa shape index (κ2) is 18.4. The Bertz CT molecular complexity index is 1780. The number of amides is 1. The number of aliphatic imine (C=N–C) groups is 1. The molecule has 0 saturated heterocycles. The van der Waals surface area contributed by atoms with Gasteiger partial charge < -0.3 is 16.0 Å². The predicted molar refractivity (Wildman–Crippen MR) is 199 cm³/mol. The minimum Gasteiger partial charge on any atom is -0.330 e. The lowest BCUT2D eigenvalue weighted by Gasteiger charge is -2.27. The molecule has 0 unspecified atom stereocenters. The van der Waals surface area contributed by atoms with Gasteiger partial charge in [-0.05, 0) is 118 Å². The van der Waals surface area contributed by atoms with Crippen LogP contribution in [0.15, 0.2) is 75.9 Å². The number of nitrogens with zero attached hydrogens (tertiary/aromatic N) is 5. The number of hydrogen-bond acceptors (Lipinski definition) is 9. The van der Waals surface area contributed by atoms with Crippen LogP contribution >= 0.6 is 0 Å². The summed E-state index contributed by atoms with van der Waals surface area (Å²) in [5.41, 5.74) is 6.64. The number of anilines is 1. The number of nitrogens with one attached hydrogen (secondary N) is 1. The number of amidine groups is 1. The number of rotatable bonds is 17. The van der Waals surface area contributed by atoms with E-state index in [4.69, 9.17) is 5.73 Å². The van der Waals surface area contributed by atoms with Crippen molar-refractivity contribution in [3.8, 4) is 11.1 Å². The van der Waals surface area contributed by atoms with Gasteiger partial charge in [0.1, 0.15) is 11.5 Å². The van der Waals surface area contributed by atoms with Crippen molar-refractivity contribution in [2.24, 2.45) is 38.7 Å². The highest BCUT2D eigenvalue weighted by Gasteiger charge is 2.37. The van der Waals surface area contributed by atoms with E-state index in [0.29, 0.717) is 42.5 Å². The molecule has 0 bridgehead atoms. The molecule has 0 spiro atoms. The Morgan fingerprint density at radius 3 is 2.21 bits per heavy atom. The summed E-state index contributed by atoms with van der Waals surface area (Å²) in [7, 11) is 0. The van der Waals surface area contributed by atoms with Crippen molar-refractivity contribution in [3.63, 3.8) is 0 Å². The van der Waals surface area contributed by atoms with Crippen molar-refractivity contribution in [3.05, 3.63) is 83.2 Å². The van der Waals surface area contributed by atoms with Crippen LogP contribution in [0.25, 0.3) is 11.1 Å². The average molecular weight is 732 g/mol. The Labute approximate surface area is 308 Å². The van der Waals surface area contributed by atoms with Gasteiger partial charge in [0.2, 0.25) is 5.91 Å². The molecule has 1 aliphatic heterocycles. The number of ketones is 2. The number of pyridine rings is 1. The molecule has 53 heavy (non-hydrogen) atoms. The fourth-order valence-corrected chi connectivity index (χ4v) is 7.01. The maximum absolute atomic E-state index is 14.3. The maximum Gasteiger partial charge on any atom is 0.433 e. The van der Waals surface area contributed by atoms with Crippen LogP contribution in [0, 0.1) is 17.8 Å². The first-order valence-electron chi connectivity index (χ1n) is 18.5. The fourth-order valence-electron chi connectivity index (χ4n) is 7.01. The van der Waals surface area contributed by atoms with E-state index in [2.05, 4.69) is 30.4 Å². The molecule has 1 fully saturated rings. The van der Waals surface area contributed by atoms with Crippen LogP contribution in [0.2, 0.25) is 0 Å². The number of alkyl halides is 3. The minimum atomic E-state index is -4.79. The summed E-state index contributed by atoms with van der Waals surface area (Å²) in [5.74, 6) is -0.659. The van der Waals surface area contributed by atoms with Crippen molar-refractivity contribution in [1.82, 2.24) is 9.88 Å². The topological polar surface area (TPSA) is 142 Å². The zero-order valence-corrected chi connectivity index (χ0v) is 30.4. The number of nitrogens with two attached hydrogens (primary N) is 1. The number of hydrogen-bond donors (Lipinski definition) is 2. The quantitative estimate of drug-likeness (QED) is 0.136. The van der Waals surface area contributed by atoms with Crippen LogP contribution in [0.1, 0.15) is 86.1 Å². The highest BCUT2D eigenvalue weighted by molar-refractivity contribution is 6.01. The van der Waals surface area contributed by atoms with E-state index >= 15 is 0 Å². The molecule has 1 atom stereocenters. The van der Waals surface area contributed by atoms with E-state index in [1.807, 2.05) is 13.8 Å². The van der Waals surface area contributed by atoms with E-state index in [1.54, 1.807) is 48.5 Å². The van der Waals surface area contributed by atoms with Gasteiger partial charge in [-0.1, -0.05) is 38.1 Å². The monoisotopic (exact) mass is 731 g/mol. The summed E-state index contributed by atoms with van der Waals surface area (Å²) in [6.45, 7) is 7.25. The van der Waals surface area contributed by atoms with Gasteiger partial charge in [-0.2, -0.15) is 18.3 Å². The number of halogens is 3. The summed E-state index contributed by atoms with van der Waals surface area (Å²) in [6, 6.07) is 16.1. The first kappa shape index (κ1) is 39.6. The second-order valence-corrected chi connectivity index (χ2v) is 13.8. The summed E-state index contributed by atoms with van der Waals surface area (Å²) in [5, 5.41) is 10.8. The fraction of sp³-hybridized carbons (Fsp3) is 0.475. The molecule has 0 radical (unpaired) electrons. The molecule has 5 rings (SSSR count). The summed E-state index contributed by atoms with van der Waals surface area (Å²) in [4.78, 5) is 50.2. The van der Waals surface area contributed by atoms with Crippen LogP contribution in [-0.2, 0) is 22.2 Å². The zero-order chi connectivity index (χ0) is 38.0. The number of Topliss-reactive ketones (excluding diaryl/α,β-unsaturated/α-hetero) is 2. The van der Waals surface area contributed by atoms with Gasteiger partial charge in [-0.15, -0.1) is 5.11 Å².